The molecule has 2 aromatic carbocycles. The Hall–Kier alpha value is -1.28. The summed E-state index contributed by atoms with van der Waals surface area (Å²) in [4.78, 5) is 2.26. The number of rotatable bonds is 6. The van der Waals surface area contributed by atoms with Gasteiger partial charge in [-0.3, -0.25) is 0 Å². The first-order valence-corrected chi connectivity index (χ1v) is 13.4. The number of halogens is 3. The summed E-state index contributed by atoms with van der Waals surface area (Å²) in [6, 6.07) is 16.5. The number of thiophene rings is 1. The minimum absolute atomic E-state index is 0.00376. The predicted molar refractivity (Wildman–Crippen MR) is 130 cm³/mol. The standard InChI is InChI=1S/C22H21Cl3N2O2S2/c23-15-6-9-17(10-7-15)27-18(14-26-31(28,29)22-5-2-12-30-22)3-1-4-21(27)19-11-8-16(24)13-20(19)25/h2,5-13,18,21,26H,1,3-4,14H2. The molecule has 0 spiro atoms. The summed E-state index contributed by atoms with van der Waals surface area (Å²) in [5.74, 6) is 0. The third kappa shape index (κ3) is 5.21. The minimum atomic E-state index is -3.55. The van der Waals surface area contributed by atoms with Gasteiger partial charge < -0.3 is 4.90 Å². The second-order valence-corrected chi connectivity index (χ2v) is 11.7. The third-order valence-electron chi connectivity index (χ3n) is 5.46. The van der Waals surface area contributed by atoms with E-state index in [0.29, 0.717) is 25.8 Å². The lowest BCUT2D eigenvalue weighted by atomic mass is 9.90. The van der Waals surface area contributed by atoms with Crippen molar-refractivity contribution in [1.29, 1.82) is 0 Å². The van der Waals surface area contributed by atoms with Crippen LogP contribution in [0, 0.1) is 0 Å². The van der Waals surface area contributed by atoms with Crippen LogP contribution in [0.3, 0.4) is 0 Å². The zero-order valence-electron chi connectivity index (χ0n) is 16.5. The largest absolute Gasteiger partial charge is 0.360 e. The number of benzene rings is 2. The van der Waals surface area contributed by atoms with Gasteiger partial charge in [0, 0.05) is 33.3 Å². The van der Waals surface area contributed by atoms with Crippen LogP contribution in [0.5, 0.6) is 0 Å². The second kappa shape index (κ2) is 9.69. The van der Waals surface area contributed by atoms with E-state index in [4.69, 9.17) is 34.8 Å². The minimum Gasteiger partial charge on any atom is -0.360 e. The first-order valence-electron chi connectivity index (χ1n) is 9.87. The first kappa shape index (κ1) is 22.9. The average Bonchev–Trinajstić information content (AvgIpc) is 3.29. The Labute approximate surface area is 201 Å². The number of piperidine rings is 1. The fourth-order valence-electron chi connectivity index (χ4n) is 4.05. The number of anilines is 1. The number of hydrogen-bond acceptors (Lipinski definition) is 4. The second-order valence-electron chi connectivity index (χ2n) is 7.43. The van der Waals surface area contributed by atoms with Crippen molar-refractivity contribution in [3.8, 4) is 0 Å². The fraction of sp³-hybridized carbons (Fsp3) is 0.273. The number of nitrogens with zero attached hydrogens (tertiary/aromatic N) is 1. The van der Waals surface area contributed by atoms with E-state index in [2.05, 4.69) is 9.62 Å². The van der Waals surface area contributed by atoms with E-state index in [9.17, 15) is 8.42 Å². The van der Waals surface area contributed by atoms with Crippen molar-refractivity contribution in [2.45, 2.75) is 35.6 Å². The highest BCUT2D eigenvalue weighted by Crippen LogP contribution is 2.41. The van der Waals surface area contributed by atoms with Crippen LogP contribution < -0.4 is 9.62 Å². The predicted octanol–water partition coefficient (Wildman–Crippen LogP) is 6.79. The molecule has 164 valence electrons. The van der Waals surface area contributed by atoms with Gasteiger partial charge in [0.25, 0.3) is 0 Å². The lowest BCUT2D eigenvalue weighted by Gasteiger charge is -2.44. The maximum absolute atomic E-state index is 12.7. The number of sulfonamides is 1. The van der Waals surface area contributed by atoms with E-state index in [0.717, 1.165) is 30.5 Å². The van der Waals surface area contributed by atoms with E-state index in [1.807, 2.05) is 36.4 Å². The monoisotopic (exact) mass is 514 g/mol. The molecule has 1 N–H and O–H groups in total. The van der Waals surface area contributed by atoms with Crippen molar-refractivity contribution in [3.63, 3.8) is 0 Å². The molecule has 2 unspecified atom stereocenters. The van der Waals surface area contributed by atoms with Gasteiger partial charge >= 0.3 is 0 Å². The Morgan fingerprint density at radius 1 is 1.00 bits per heavy atom. The average molecular weight is 516 g/mol. The van der Waals surface area contributed by atoms with E-state index in [-0.39, 0.29) is 12.1 Å². The van der Waals surface area contributed by atoms with E-state index in [1.54, 1.807) is 23.6 Å². The molecule has 0 amide bonds. The van der Waals surface area contributed by atoms with E-state index in [1.165, 1.54) is 11.3 Å². The molecule has 0 aliphatic carbocycles. The summed E-state index contributed by atoms with van der Waals surface area (Å²) >= 11 is 20.0. The molecule has 31 heavy (non-hydrogen) atoms. The summed E-state index contributed by atoms with van der Waals surface area (Å²) in [6.45, 7) is 0.296. The zero-order chi connectivity index (χ0) is 22.0. The Kier molecular flexibility index (Phi) is 7.16. The molecule has 2 heterocycles. The van der Waals surface area contributed by atoms with Crippen molar-refractivity contribution in [3.05, 3.63) is 80.6 Å². The van der Waals surface area contributed by atoms with Crippen molar-refractivity contribution >= 4 is 61.9 Å². The zero-order valence-corrected chi connectivity index (χ0v) is 20.4. The van der Waals surface area contributed by atoms with E-state index < -0.39 is 10.0 Å². The smallest absolute Gasteiger partial charge is 0.250 e. The van der Waals surface area contributed by atoms with Crippen molar-refractivity contribution in [1.82, 2.24) is 4.72 Å². The molecule has 9 heteroatoms. The number of nitrogens with one attached hydrogen (secondary N) is 1. The summed E-state index contributed by atoms with van der Waals surface area (Å²) in [7, 11) is -3.55. The lowest BCUT2D eigenvalue weighted by Crippen LogP contribution is -2.48. The summed E-state index contributed by atoms with van der Waals surface area (Å²) in [5.41, 5.74) is 1.95. The molecule has 4 rings (SSSR count). The van der Waals surface area contributed by atoms with Gasteiger partial charge in [-0.05, 0) is 72.7 Å². The summed E-state index contributed by atoms with van der Waals surface area (Å²) in [5, 5.41) is 3.60. The van der Waals surface area contributed by atoms with Crippen LogP contribution in [0.4, 0.5) is 5.69 Å². The molecule has 1 aromatic heterocycles. The lowest BCUT2D eigenvalue weighted by molar-refractivity contribution is 0.384. The molecular weight excluding hydrogens is 495 g/mol. The van der Waals surface area contributed by atoms with Gasteiger partial charge in [0.2, 0.25) is 10.0 Å². The molecule has 1 saturated heterocycles. The van der Waals surface area contributed by atoms with Crippen molar-refractivity contribution in [2.75, 3.05) is 11.4 Å². The molecule has 3 aromatic rings. The van der Waals surface area contributed by atoms with Gasteiger partial charge in [-0.2, -0.15) is 0 Å². The highest BCUT2D eigenvalue weighted by molar-refractivity contribution is 7.91. The Balaban J connectivity index is 1.66. The Morgan fingerprint density at radius 3 is 2.42 bits per heavy atom. The molecule has 2 atom stereocenters. The molecule has 1 aliphatic heterocycles. The highest BCUT2D eigenvalue weighted by atomic mass is 35.5. The van der Waals surface area contributed by atoms with Gasteiger partial charge in [0.05, 0.1) is 6.04 Å². The van der Waals surface area contributed by atoms with Crippen LogP contribution in [-0.2, 0) is 10.0 Å². The quantitative estimate of drug-likeness (QED) is 0.393. The van der Waals surface area contributed by atoms with Gasteiger partial charge in [-0.15, -0.1) is 11.3 Å². The van der Waals surface area contributed by atoms with Crippen molar-refractivity contribution in [2.24, 2.45) is 0 Å². The van der Waals surface area contributed by atoms with Gasteiger partial charge in [0.1, 0.15) is 4.21 Å². The van der Waals surface area contributed by atoms with Crippen molar-refractivity contribution < 1.29 is 8.42 Å². The van der Waals surface area contributed by atoms with Crippen LogP contribution in [0.25, 0.3) is 0 Å². The molecule has 1 aliphatic rings. The SMILES string of the molecule is O=S(=O)(NCC1CCCC(c2ccc(Cl)cc2Cl)N1c1ccc(Cl)cc1)c1cccs1. The van der Waals surface area contributed by atoms with Crippen LogP contribution in [0.2, 0.25) is 15.1 Å². The fourth-order valence-corrected chi connectivity index (χ4v) is 6.83. The van der Waals surface area contributed by atoms with Gasteiger partial charge in [0.15, 0.2) is 0 Å². The molecule has 0 radical (unpaired) electrons. The maximum Gasteiger partial charge on any atom is 0.250 e. The summed E-state index contributed by atoms with van der Waals surface area (Å²) in [6.07, 6.45) is 2.72. The molecule has 4 nitrogen and oxygen atoms in total. The van der Waals surface area contributed by atoms with Crippen LogP contribution in [0.1, 0.15) is 30.9 Å². The number of hydrogen-bond donors (Lipinski definition) is 1. The normalized spacial score (nSPS) is 19.5. The maximum atomic E-state index is 12.7. The molecular formula is C22H21Cl3N2O2S2. The van der Waals surface area contributed by atoms with Gasteiger partial charge in [-0.1, -0.05) is 46.9 Å². The first-order chi connectivity index (χ1) is 14.8. The van der Waals surface area contributed by atoms with Crippen LogP contribution in [-0.4, -0.2) is 21.0 Å². The van der Waals surface area contributed by atoms with Crippen LogP contribution in [0.15, 0.2) is 64.2 Å². The van der Waals surface area contributed by atoms with E-state index >= 15 is 0 Å². The highest BCUT2D eigenvalue weighted by Gasteiger charge is 2.33. The summed E-state index contributed by atoms with van der Waals surface area (Å²) < 4.78 is 28.5. The van der Waals surface area contributed by atoms with Crippen LogP contribution >= 0.6 is 46.1 Å². The van der Waals surface area contributed by atoms with Gasteiger partial charge in [-0.25, -0.2) is 13.1 Å². The molecule has 1 fully saturated rings. The molecule has 0 bridgehead atoms. The Morgan fingerprint density at radius 2 is 1.74 bits per heavy atom. The third-order valence-corrected chi connectivity index (χ3v) is 9.09. The topological polar surface area (TPSA) is 49.4 Å². The molecule has 0 saturated carbocycles. The Bertz CT molecular complexity index is 1140.